The van der Waals surface area contributed by atoms with E-state index in [1.807, 2.05) is 0 Å². The van der Waals surface area contributed by atoms with Crippen molar-refractivity contribution in [1.82, 2.24) is 0 Å². The zero-order valence-electron chi connectivity index (χ0n) is 13.1. The van der Waals surface area contributed by atoms with Crippen molar-refractivity contribution in [3.63, 3.8) is 0 Å². The molecule has 0 amide bonds. The van der Waals surface area contributed by atoms with Gasteiger partial charge in [0.05, 0.1) is 0 Å². The molecule has 0 unspecified atom stereocenters. The van der Waals surface area contributed by atoms with Crippen LogP contribution in [0.4, 0.5) is 0 Å². The van der Waals surface area contributed by atoms with E-state index in [2.05, 4.69) is 79.3 Å². The molecule has 0 bridgehead atoms. The van der Waals surface area contributed by atoms with Crippen molar-refractivity contribution in [2.45, 2.75) is 6.92 Å². The van der Waals surface area contributed by atoms with Gasteiger partial charge in [0.15, 0.2) is 0 Å². The molecule has 4 aromatic rings. The monoisotopic (exact) mass is 362 g/mol. The second-order valence-corrected chi connectivity index (χ2v) is 8.43. The molecule has 0 radical (unpaired) electrons. The summed E-state index contributed by atoms with van der Waals surface area (Å²) < 4.78 is 5.36. The van der Waals surface area contributed by atoms with Crippen molar-refractivity contribution >= 4 is 45.4 Å². The number of pyridine rings is 1. The first-order chi connectivity index (χ1) is 11.2. The molecule has 3 aromatic carbocycles. The van der Waals surface area contributed by atoms with Crippen LogP contribution in [0.25, 0.3) is 32.8 Å². The maximum atomic E-state index is 2.33. The number of fused-ring (bicyclic) bond motifs is 4. The van der Waals surface area contributed by atoms with Gasteiger partial charge < -0.3 is 0 Å². The molecule has 110 valence electrons. The molecule has 0 fully saturated rings. The maximum absolute atomic E-state index is 2.33. The van der Waals surface area contributed by atoms with Crippen molar-refractivity contribution in [2.75, 3.05) is 0 Å². The number of rotatable bonds is 0. The van der Waals surface area contributed by atoms with Crippen LogP contribution in [0, 0.1) is 6.92 Å². The fourth-order valence-corrected chi connectivity index (χ4v) is 6.50. The van der Waals surface area contributed by atoms with Crippen LogP contribution >= 0.6 is 0 Å². The number of nitrogens with zero attached hydrogens (tertiary/aromatic N) is 1. The number of hydrogen-bond donors (Lipinski definition) is 0. The third-order valence-corrected chi connectivity index (χ3v) is 7.24. The van der Waals surface area contributed by atoms with E-state index in [0.717, 1.165) is 0 Å². The Morgan fingerprint density at radius 1 is 0.870 bits per heavy atom. The van der Waals surface area contributed by atoms with Gasteiger partial charge in [0.2, 0.25) is 0 Å². The van der Waals surface area contributed by atoms with Crippen LogP contribution in [0.2, 0.25) is 0 Å². The number of hydrogen-bond acceptors (Lipinski definition) is 0. The molecule has 1 aromatic heterocycles. The van der Waals surface area contributed by atoms with Crippen LogP contribution in [0.1, 0.15) is 5.56 Å². The van der Waals surface area contributed by atoms with Crippen molar-refractivity contribution in [1.29, 1.82) is 0 Å². The fourth-order valence-electron chi connectivity index (χ4n) is 3.72. The minimum atomic E-state index is 0.342. The van der Waals surface area contributed by atoms with Gasteiger partial charge in [-0.15, -0.1) is 0 Å². The molecule has 1 aliphatic heterocycles. The van der Waals surface area contributed by atoms with Crippen LogP contribution in [-0.4, -0.2) is 15.0 Å². The predicted octanol–water partition coefficient (Wildman–Crippen LogP) is 2.76. The van der Waals surface area contributed by atoms with E-state index < -0.39 is 0 Å². The molecular formula is C21H16NSe+. The van der Waals surface area contributed by atoms with Gasteiger partial charge in [-0.3, -0.25) is 0 Å². The van der Waals surface area contributed by atoms with Gasteiger partial charge in [-0.2, -0.15) is 0 Å². The number of aromatic nitrogens is 1. The van der Waals surface area contributed by atoms with Crippen molar-refractivity contribution in [3.8, 4) is 11.3 Å². The molecule has 5 rings (SSSR count). The topological polar surface area (TPSA) is 3.88 Å². The van der Waals surface area contributed by atoms with E-state index in [9.17, 15) is 0 Å². The summed E-state index contributed by atoms with van der Waals surface area (Å²) in [6.07, 6.45) is 2.27. The summed E-state index contributed by atoms with van der Waals surface area (Å²) in [5.74, 6) is 0. The zero-order valence-corrected chi connectivity index (χ0v) is 14.8. The van der Waals surface area contributed by atoms with E-state index in [-0.39, 0.29) is 0 Å². The predicted molar refractivity (Wildman–Crippen MR) is 97.8 cm³/mol. The van der Waals surface area contributed by atoms with E-state index in [4.69, 9.17) is 0 Å². The molecule has 23 heavy (non-hydrogen) atoms. The molecule has 0 N–H and O–H groups in total. The minimum absolute atomic E-state index is 0.342. The van der Waals surface area contributed by atoms with Gasteiger partial charge in [0.25, 0.3) is 0 Å². The Balaban J connectivity index is 2.04. The van der Waals surface area contributed by atoms with Gasteiger partial charge in [-0.1, -0.05) is 0 Å². The fraction of sp³-hybridized carbons (Fsp3) is 0.0952. The Morgan fingerprint density at radius 3 is 2.61 bits per heavy atom. The summed E-state index contributed by atoms with van der Waals surface area (Å²) in [5.41, 5.74) is 4.20. The van der Waals surface area contributed by atoms with Crippen LogP contribution < -0.4 is 13.5 Å². The molecule has 1 aliphatic rings. The standard InChI is InChI=1S/C21H16NSe/c1-13-10-11-14-7-5-9-17-19(14)18(13)20-21(23-17)16-8-4-3-6-15(16)12-22(20)2/h3-12H,1-2H3/q+1. The summed E-state index contributed by atoms with van der Waals surface area (Å²) in [4.78, 5) is 0. The van der Waals surface area contributed by atoms with Crippen molar-refractivity contribution < 1.29 is 4.57 Å². The average molecular weight is 361 g/mol. The first kappa shape index (κ1) is 13.3. The Hall–Kier alpha value is -2.15. The molecule has 0 spiro atoms. The van der Waals surface area contributed by atoms with Crippen LogP contribution in [0.3, 0.4) is 0 Å². The molecule has 0 aliphatic carbocycles. The molecule has 2 heterocycles. The summed E-state index contributed by atoms with van der Waals surface area (Å²) >= 11 is 0.342. The molecule has 0 saturated carbocycles. The van der Waals surface area contributed by atoms with Crippen LogP contribution in [-0.2, 0) is 7.05 Å². The van der Waals surface area contributed by atoms with E-state index >= 15 is 0 Å². The summed E-state index contributed by atoms with van der Waals surface area (Å²) in [7, 11) is 2.19. The number of aryl methyl sites for hydroxylation is 2. The Morgan fingerprint density at radius 2 is 1.70 bits per heavy atom. The van der Waals surface area contributed by atoms with E-state index in [1.54, 1.807) is 0 Å². The normalized spacial score (nSPS) is 12.6. The van der Waals surface area contributed by atoms with Crippen molar-refractivity contribution in [2.24, 2.45) is 7.05 Å². The zero-order chi connectivity index (χ0) is 15.6. The molecule has 0 saturated heterocycles. The third-order valence-electron chi connectivity index (χ3n) is 4.77. The van der Waals surface area contributed by atoms with Crippen LogP contribution in [0.15, 0.2) is 60.8 Å². The number of benzene rings is 3. The summed E-state index contributed by atoms with van der Waals surface area (Å²) in [6.45, 7) is 2.24. The second kappa shape index (κ2) is 4.67. The second-order valence-electron chi connectivity index (χ2n) is 6.22. The Labute approximate surface area is 141 Å². The Kier molecular flexibility index (Phi) is 2.70. The molecule has 0 atom stereocenters. The Bertz CT molecular complexity index is 1110. The van der Waals surface area contributed by atoms with Gasteiger partial charge in [0.1, 0.15) is 0 Å². The average Bonchev–Trinajstić information content (AvgIpc) is 2.57. The van der Waals surface area contributed by atoms with Gasteiger partial charge in [0, 0.05) is 0 Å². The van der Waals surface area contributed by atoms with Gasteiger partial charge in [-0.05, 0) is 0 Å². The van der Waals surface area contributed by atoms with Crippen molar-refractivity contribution in [3.05, 3.63) is 66.4 Å². The first-order valence-electron chi connectivity index (χ1n) is 7.86. The van der Waals surface area contributed by atoms with E-state index in [0.29, 0.717) is 15.0 Å². The quantitative estimate of drug-likeness (QED) is 0.295. The van der Waals surface area contributed by atoms with Gasteiger partial charge in [-0.25, -0.2) is 0 Å². The summed E-state index contributed by atoms with van der Waals surface area (Å²) in [5, 5.41) is 5.57. The summed E-state index contributed by atoms with van der Waals surface area (Å²) in [6, 6.07) is 20.1. The molecular weight excluding hydrogens is 345 g/mol. The SMILES string of the molecule is Cc1ccc2cccc3c2c1-c1c(c2ccccc2c[n+]1C)[Se]3. The van der Waals surface area contributed by atoms with E-state index in [1.165, 1.54) is 47.3 Å². The van der Waals surface area contributed by atoms with Crippen LogP contribution in [0.5, 0.6) is 0 Å². The first-order valence-corrected chi connectivity index (χ1v) is 9.57. The molecule has 2 heteroatoms. The third kappa shape index (κ3) is 1.77. The van der Waals surface area contributed by atoms with Gasteiger partial charge >= 0.3 is 142 Å². The molecule has 1 nitrogen and oxygen atoms in total.